The van der Waals surface area contributed by atoms with Crippen molar-refractivity contribution in [3.63, 3.8) is 0 Å². The Morgan fingerprint density at radius 3 is 2.55 bits per heavy atom. The van der Waals surface area contributed by atoms with Crippen molar-refractivity contribution in [2.45, 2.75) is 33.2 Å². The van der Waals surface area contributed by atoms with Crippen LogP contribution in [0.15, 0.2) is 30.3 Å². The van der Waals surface area contributed by atoms with E-state index in [2.05, 4.69) is 23.8 Å². The van der Waals surface area contributed by atoms with Crippen molar-refractivity contribution in [1.29, 1.82) is 0 Å². The van der Waals surface area contributed by atoms with Crippen LogP contribution in [0.5, 0.6) is 0 Å². The van der Waals surface area contributed by atoms with Crippen molar-refractivity contribution in [1.82, 2.24) is 9.97 Å². The first-order valence-electron chi connectivity index (χ1n) is 6.87. The number of nitrogens with two attached hydrogens (primary N) is 1. The second kappa shape index (κ2) is 5.90. The fraction of sp³-hybridized carbons (Fsp3) is 0.375. The summed E-state index contributed by atoms with van der Waals surface area (Å²) in [5, 5.41) is 0. The summed E-state index contributed by atoms with van der Waals surface area (Å²) in [6.07, 6.45) is 0. The van der Waals surface area contributed by atoms with Crippen LogP contribution in [0.3, 0.4) is 0 Å². The van der Waals surface area contributed by atoms with Gasteiger partial charge in [0.05, 0.1) is 0 Å². The normalized spacial score (nSPS) is 10.8. The van der Waals surface area contributed by atoms with E-state index in [1.165, 1.54) is 0 Å². The van der Waals surface area contributed by atoms with Gasteiger partial charge in [0.15, 0.2) is 0 Å². The van der Waals surface area contributed by atoms with Gasteiger partial charge in [0, 0.05) is 30.7 Å². The highest BCUT2D eigenvalue weighted by Crippen LogP contribution is 2.19. The highest BCUT2D eigenvalue weighted by Gasteiger charge is 2.11. The highest BCUT2D eigenvalue weighted by atomic mass is 15.2. The monoisotopic (exact) mass is 270 g/mol. The Labute approximate surface area is 120 Å². The van der Waals surface area contributed by atoms with Crippen LogP contribution in [0.25, 0.3) is 0 Å². The van der Waals surface area contributed by atoms with Crippen molar-refractivity contribution < 1.29 is 0 Å². The van der Waals surface area contributed by atoms with Gasteiger partial charge in [-0.15, -0.1) is 0 Å². The minimum absolute atomic E-state index is 0.394. The Morgan fingerprint density at radius 1 is 1.20 bits per heavy atom. The van der Waals surface area contributed by atoms with Gasteiger partial charge in [0.1, 0.15) is 0 Å². The maximum Gasteiger partial charge on any atom is 0.225 e. The molecule has 0 fully saturated rings. The molecule has 0 saturated carbocycles. The van der Waals surface area contributed by atoms with Gasteiger partial charge >= 0.3 is 0 Å². The van der Waals surface area contributed by atoms with Gasteiger partial charge in [-0.1, -0.05) is 32.0 Å². The fourth-order valence-corrected chi connectivity index (χ4v) is 2.05. The maximum absolute atomic E-state index is 5.99. The van der Waals surface area contributed by atoms with E-state index in [1.54, 1.807) is 0 Å². The van der Waals surface area contributed by atoms with Gasteiger partial charge in [-0.3, -0.25) is 0 Å². The van der Waals surface area contributed by atoms with Crippen LogP contribution in [-0.2, 0) is 6.54 Å². The molecule has 0 bridgehead atoms. The van der Waals surface area contributed by atoms with Crippen molar-refractivity contribution in [3.8, 4) is 0 Å². The van der Waals surface area contributed by atoms with E-state index in [1.807, 2.05) is 49.2 Å². The zero-order valence-electron chi connectivity index (χ0n) is 12.6. The molecular weight excluding hydrogens is 248 g/mol. The third kappa shape index (κ3) is 3.26. The minimum Gasteiger partial charge on any atom is -0.398 e. The van der Waals surface area contributed by atoms with E-state index < -0.39 is 0 Å². The summed E-state index contributed by atoms with van der Waals surface area (Å²) >= 11 is 0. The molecule has 0 aliphatic rings. The lowest BCUT2D eigenvalue weighted by atomic mass is 10.1. The number of aryl methyl sites for hydroxylation is 1. The van der Waals surface area contributed by atoms with E-state index in [0.717, 1.165) is 28.6 Å². The number of hydrogen-bond donors (Lipinski definition) is 1. The molecule has 0 saturated heterocycles. The summed E-state index contributed by atoms with van der Waals surface area (Å²) in [5.41, 5.74) is 9.94. The van der Waals surface area contributed by atoms with Gasteiger partial charge in [0.25, 0.3) is 0 Å². The molecule has 2 aromatic rings. The number of benzene rings is 1. The van der Waals surface area contributed by atoms with Gasteiger partial charge in [-0.05, 0) is 30.5 Å². The molecule has 0 aliphatic heterocycles. The highest BCUT2D eigenvalue weighted by molar-refractivity contribution is 5.48. The lowest BCUT2D eigenvalue weighted by Gasteiger charge is -2.20. The Hall–Kier alpha value is -2.10. The lowest BCUT2D eigenvalue weighted by molar-refractivity contribution is 0.783. The summed E-state index contributed by atoms with van der Waals surface area (Å²) in [6, 6.07) is 9.93. The fourth-order valence-electron chi connectivity index (χ4n) is 2.05. The number of anilines is 2. The quantitative estimate of drug-likeness (QED) is 0.867. The van der Waals surface area contributed by atoms with E-state index in [0.29, 0.717) is 12.5 Å². The first kappa shape index (κ1) is 14.3. The van der Waals surface area contributed by atoms with Crippen molar-refractivity contribution in [3.05, 3.63) is 47.3 Å². The van der Waals surface area contributed by atoms with Crippen molar-refractivity contribution in [2.75, 3.05) is 17.7 Å². The molecule has 1 aromatic carbocycles. The van der Waals surface area contributed by atoms with E-state index in [9.17, 15) is 0 Å². The third-order valence-corrected chi connectivity index (χ3v) is 3.26. The number of para-hydroxylation sites is 1. The molecule has 1 heterocycles. The molecule has 0 radical (unpaired) electrons. The summed E-state index contributed by atoms with van der Waals surface area (Å²) in [5.74, 6) is 1.14. The van der Waals surface area contributed by atoms with Crippen molar-refractivity contribution in [2.24, 2.45) is 0 Å². The molecule has 0 amide bonds. The SMILES string of the molecule is Cc1cc(C(C)C)nc(N(C)Cc2ccccc2N)n1. The van der Waals surface area contributed by atoms with Crippen LogP contribution in [0, 0.1) is 6.92 Å². The summed E-state index contributed by atoms with van der Waals surface area (Å²) in [7, 11) is 1.99. The number of nitrogens with zero attached hydrogens (tertiary/aromatic N) is 3. The maximum atomic E-state index is 5.99. The molecule has 106 valence electrons. The molecule has 20 heavy (non-hydrogen) atoms. The van der Waals surface area contributed by atoms with Crippen LogP contribution < -0.4 is 10.6 Å². The minimum atomic E-state index is 0.394. The largest absolute Gasteiger partial charge is 0.398 e. The van der Waals surface area contributed by atoms with Crippen LogP contribution in [0.2, 0.25) is 0 Å². The molecule has 0 aliphatic carbocycles. The number of aromatic nitrogens is 2. The molecule has 0 unspecified atom stereocenters. The summed E-state index contributed by atoms with van der Waals surface area (Å²) in [6.45, 7) is 6.98. The van der Waals surface area contributed by atoms with Crippen LogP contribution in [0.4, 0.5) is 11.6 Å². The first-order chi connectivity index (χ1) is 9.47. The van der Waals surface area contributed by atoms with E-state index >= 15 is 0 Å². The predicted octanol–water partition coefficient (Wildman–Crippen LogP) is 3.13. The standard InChI is InChI=1S/C16H22N4/c1-11(2)15-9-12(3)18-16(19-15)20(4)10-13-7-5-6-8-14(13)17/h5-9,11H,10,17H2,1-4H3. The zero-order valence-corrected chi connectivity index (χ0v) is 12.6. The van der Waals surface area contributed by atoms with E-state index in [4.69, 9.17) is 5.73 Å². The molecule has 2 rings (SSSR count). The molecule has 4 nitrogen and oxygen atoms in total. The average Bonchev–Trinajstić information content (AvgIpc) is 2.40. The summed E-state index contributed by atoms with van der Waals surface area (Å²) in [4.78, 5) is 11.2. The zero-order chi connectivity index (χ0) is 14.7. The second-order valence-electron chi connectivity index (χ2n) is 5.44. The number of hydrogen-bond acceptors (Lipinski definition) is 4. The predicted molar refractivity (Wildman–Crippen MR) is 83.8 cm³/mol. The molecular formula is C16H22N4. The third-order valence-electron chi connectivity index (χ3n) is 3.26. The Balaban J connectivity index is 2.25. The van der Waals surface area contributed by atoms with Gasteiger partial charge in [0.2, 0.25) is 5.95 Å². The smallest absolute Gasteiger partial charge is 0.225 e. The lowest BCUT2D eigenvalue weighted by Crippen LogP contribution is -2.21. The molecule has 2 N–H and O–H groups in total. The molecule has 1 aromatic heterocycles. The van der Waals surface area contributed by atoms with E-state index in [-0.39, 0.29) is 0 Å². The van der Waals surface area contributed by atoms with Crippen LogP contribution in [-0.4, -0.2) is 17.0 Å². The Bertz CT molecular complexity index is 593. The molecule has 0 spiro atoms. The number of nitrogen functional groups attached to an aromatic ring is 1. The van der Waals surface area contributed by atoms with Gasteiger partial charge in [-0.25, -0.2) is 9.97 Å². The second-order valence-corrected chi connectivity index (χ2v) is 5.44. The first-order valence-corrected chi connectivity index (χ1v) is 6.87. The van der Waals surface area contributed by atoms with Gasteiger partial charge < -0.3 is 10.6 Å². The Morgan fingerprint density at radius 2 is 1.90 bits per heavy atom. The number of rotatable bonds is 4. The average molecular weight is 270 g/mol. The van der Waals surface area contributed by atoms with Gasteiger partial charge in [-0.2, -0.15) is 0 Å². The van der Waals surface area contributed by atoms with Crippen LogP contribution in [0.1, 0.15) is 36.7 Å². The summed E-state index contributed by atoms with van der Waals surface area (Å²) < 4.78 is 0. The molecule has 4 heteroatoms. The van der Waals surface area contributed by atoms with Crippen molar-refractivity contribution >= 4 is 11.6 Å². The molecule has 0 atom stereocenters. The topological polar surface area (TPSA) is 55.0 Å². The van der Waals surface area contributed by atoms with Crippen LogP contribution >= 0.6 is 0 Å². The Kier molecular flexibility index (Phi) is 4.23.